The van der Waals surface area contributed by atoms with Crippen molar-refractivity contribution in [2.75, 3.05) is 20.7 Å². The summed E-state index contributed by atoms with van der Waals surface area (Å²) >= 11 is 0. The van der Waals surface area contributed by atoms with Crippen LogP contribution in [0.3, 0.4) is 0 Å². The standard InChI is InChI=1S/C7H16N2O/c1-5-7(8)6(10-3)4-9(5)2/h5-7H,4,8H2,1-3H3. The maximum Gasteiger partial charge on any atom is 0.0863 e. The van der Waals surface area contributed by atoms with E-state index in [0.717, 1.165) is 6.54 Å². The molecule has 1 saturated heterocycles. The molecule has 1 rings (SSSR count). The molecule has 1 fully saturated rings. The monoisotopic (exact) mass is 144 g/mol. The molecule has 2 N–H and O–H groups in total. The summed E-state index contributed by atoms with van der Waals surface area (Å²) in [5.74, 6) is 0. The third-order valence-electron chi connectivity index (χ3n) is 2.45. The minimum absolute atomic E-state index is 0.176. The lowest BCUT2D eigenvalue weighted by Gasteiger charge is -2.16. The SMILES string of the molecule is COC1CN(C)C(C)C1N. The van der Waals surface area contributed by atoms with Crippen LogP contribution in [-0.4, -0.2) is 43.8 Å². The maximum atomic E-state index is 5.86. The van der Waals surface area contributed by atoms with Crippen molar-refractivity contribution in [1.29, 1.82) is 0 Å². The average molecular weight is 144 g/mol. The summed E-state index contributed by atoms with van der Waals surface area (Å²) in [6.07, 6.45) is 0.222. The van der Waals surface area contributed by atoms with E-state index in [9.17, 15) is 0 Å². The van der Waals surface area contributed by atoms with Crippen LogP contribution in [0.2, 0.25) is 0 Å². The first-order valence-corrected chi connectivity index (χ1v) is 3.65. The topological polar surface area (TPSA) is 38.5 Å². The van der Waals surface area contributed by atoms with Crippen molar-refractivity contribution in [2.24, 2.45) is 5.73 Å². The summed E-state index contributed by atoms with van der Waals surface area (Å²) in [6, 6.07) is 0.625. The molecular formula is C7H16N2O. The Morgan fingerprint density at radius 2 is 2.20 bits per heavy atom. The predicted molar refractivity (Wildman–Crippen MR) is 40.9 cm³/mol. The van der Waals surface area contributed by atoms with E-state index in [1.165, 1.54) is 0 Å². The van der Waals surface area contributed by atoms with Crippen molar-refractivity contribution in [3.05, 3.63) is 0 Å². The van der Waals surface area contributed by atoms with Crippen molar-refractivity contribution in [2.45, 2.75) is 25.1 Å². The normalized spacial score (nSPS) is 42.6. The van der Waals surface area contributed by atoms with Crippen LogP contribution in [0, 0.1) is 0 Å². The van der Waals surface area contributed by atoms with Gasteiger partial charge >= 0.3 is 0 Å². The summed E-state index contributed by atoms with van der Waals surface area (Å²) in [5, 5.41) is 0. The van der Waals surface area contributed by atoms with Gasteiger partial charge in [0.25, 0.3) is 0 Å². The first-order chi connectivity index (χ1) is 4.66. The fourth-order valence-corrected chi connectivity index (χ4v) is 1.41. The van der Waals surface area contributed by atoms with Gasteiger partial charge in [-0.2, -0.15) is 0 Å². The predicted octanol–water partition coefficient (Wildman–Crippen LogP) is -0.337. The molecule has 10 heavy (non-hydrogen) atoms. The summed E-state index contributed by atoms with van der Waals surface area (Å²) in [4.78, 5) is 2.22. The third kappa shape index (κ3) is 1.17. The molecule has 1 aliphatic heterocycles. The van der Waals surface area contributed by atoms with Crippen LogP contribution in [0.5, 0.6) is 0 Å². The number of ether oxygens (including phenoxy) is 1. The average Bonchev–Trinajstić information content (AvgIpc) is 2.17. The zero-order chi connectivity index (χ0) is 7.72. The molecule has 0 saturated carbocycles. The minimum atomic E-state index is 0.176. The zero-order valence-electron chi connectivity index (χ0n) is 6.87. The second kappa shape index (κ2) is 2.86. The Hall–Kier alpha value is -0.120. The van der Waals surface area contributed by atoms with Crippen LogP contribution in [0.1, 0.15) is 6.92 Å². The van der Waals surface area contributed by atoms with Gasteiger partial charge in [-0.05, 0) is 14.0 Å². The molecule has 1 heterocycles. The van der Waals surface area contributed by atoms with Crippen molar-refractivity contribution < 1.29 is 4.74 Å². The molecule has 60 valence electrons. The number of methoxy groups -OCH3 is 1. The van der Waals surface area contributed by atoms with Gasteiger partial charge in [0.1, 0.15) is 0 Å². The highest BCUT2D eigenvalue weighted by molar-refractivity contribution is 4.92. The van der Waals surface area contributed by atoms with Crippen molar-refractivity contribution in [3.63, 3.8) is 0 Å². The van der Waals surface area contributed by atoms with Crippen LogP contribution in [0.25, 0.3) is 0 Å². The van der Waals surface area contributed by atoms with E-state index in [-0.39, 0.29) is 12.1 Å². The Kier molecular flexibility index (Phi) is 2.28. The van der Waals surface area contributed by atoms with Crippen LogP contribution >= 0.6 is 0 Å². The minimum Gasteiger partial charge on any atom is -0.378 e. The second-order valence-corrected chi connectivity index (χ2v) is 3.03. The number of likely N-dealkylation sites (tertiary alicyclic amines) is 1. The lowest BCUT2D eigenvalue weighted by molar-refractivity contribution is 0.0998. The van der Waals surface area contributed by atoms with E-state index < -0.39 is 0 Å². The number of rotatable bonds is 1. The zero-order valence-corrected chi connectivity index (χ0v) is 6.87. The molecule has 3 heteroatoms. The summed E-state index contributed by atoms with van der Waals surface area (Å²) < 4.78 is 5.20. The van der Waals surface area contributed by atoms with Gasteiger partial charge in [-0.3, -0.25) is 4.90 Å². The third-order valence-corrected chi connectivity index (χ3v) is 2.45. The van der Waals surface area contributed by atoms with Crippen LogP contribution in [0.4, 0.5) is 0 Å². The van der Waals surface area contributed by atoms with E-state index in [1.54, 1.807) is 7.11 Å². The van der Waals surface area contributed by atoms with Gasteiger partial charge in [0.15, 0.2) is 0 Å². The Labute approximate surface area is 62.1 Å². The van der Waals surface area contributed by atoms with E-state index in [0.29, 0.717) is 6.04 Å². The van der Waals surface area contributed by atoms with Gasteiger partial charge in [0.2, 0.25) is 0 Å². The highest BCUT2D eigenvalue weighted by atomic mass is 16.5. The van der Waals surface area contributed by atoms with Crippen LogP contribution in [-0.2, 0) is 4.74 Å². The quantitative estimate of drug-likeness (QED) is 0.547. The molecule has 3 nitrogen and oxygen atoms in total. The molecule has 0 aromatic heterocycles. The molecule has 0 bridgehead atoms. The van der Waals surface area contributed by atoms with Gasteiger partial charge in [-0.25, -0.2) is 0 Å². The van der Waals surface area contributed by atoms with Gasteiger partial charge in [-0.1, -0.05) is 0 Å². The van der Waals surface area contributed by atoms with E-state index >= 15 is 0 Å². The highest BCUT2D eigenvalue weighted by Crippen LogP contribution is 2.15. The first kappa shape index (κ1) is 7.98. The van der Waals surface area contributed by atoms with Crippen LogP contribution < -0.4 is 5.73 Å². The number of nitrogens with two attached hydrogens (primary N) is 1. The largest absolute Gasteiger partial charge is 0.378 e. The Morgan fingerprint density at radius 3 is 2.40 bits per heavy atom. The van der Waals surface area contributed by atoms with Gasteiger partial charge in [0.05, 0.1) is 6.10 Å². The van der Waals surface area contributed by atoms with E-state index in [4.69, 9.17) is 10.5 Å². The molecule has 0 aliphatic carbocycles. The van der Waals surface area contributed by atoms with Crippen molar-refractivity contribution >= 4 is 0 Å². The smallest absolute Gasteiger partial charge is 0.0863 e. The van der Waals surface area contributed by atoms with Crippen LogP contribution in [0.15, 0.2) is 0 Å². The highest BCUT2D eigenvalue weighted by Gasteiger charge is 2.34. The first-order valence-electron chi connectivity index (χ1n) is 3.65. The molecule has 0 amide bonds. The number of hydrogen-bond donors (Lipinski definition) is 1. The van der Waals surface area contributed by atoms with E-state index in [2.05, 4.69) is 18.9 Å². The van der Waals surface area contributed by atoms with Gasteiger partial charge < -0.3 is 10.5 Å². The summed E-state index contributed by atoms with van der Waals surface area (Å²) in [5.41, 5.74) is 5.86. The maximum absolute atomic E-state index is 5.86. The van der Waals surface area contributed by atoms with Crippen molar-refractivity contribution in [3.8, 4) is 0 Å². The fourth-order valence-electron chi connectivity index (χ4n) is 1.41. The van der Waals surface area contributed by atoms with Gasteiger partial charge in [-0.15, -0.1) is 0 Å². The molecular weight excluding hydrogens is 128 g/mol. The Balaban J connectivity index is 2.53. The Morgan fingerprint density at radius 1 is 1.60 bits per heavy atom. The molecule has 0 aromatic rings. The molecule has 0 radical (unpaired) electrons. The molecule has 0 aromatic carbocycles. The lowest BCUT2D eigenvalue weighted by atomic mass is 10.1. The lowest BCUT2D eigenvalue weighted by Crippen LogP contribution is -2.39. The molecule has 3 unspecified atom stereocenters. The Bertz CT molecular complexity index is 118. The fraction of sp³-hybridized carbons (Fsp3) is 1.00. The second-order valence-electron chi connectivity index (χ2n) is 3.03. The number of hydrogen-bond acceptors (Lipinski definition) is 3. The molecule has 1 aliphatic rings. The van der Waals surface area contributed by atoms with Crippen molar-refractivity contribution in [1.82, 2.24) is 4.90 Å². The molecule has 0 spiro atoms. The van der Waals surface area contributed by atoms with E-state index in [1.807, 2.05) is 0 Å². The number of nitrogens with zero attached hydrogens (tertiary/aromatic N) is 1. The molecule has 3 atom stereocenters. The summed E-state index contributed by atoms with van der Waals surface area (Å²) in [7, 11) is 3.79. The number of likely N-dealkylation sites (N-methyl/N-ethyl adjacent to an activating group) is 1. The summed E-state index contributed by atoms with van der Waals surface area (Å²) in [6.45, 7) is 3.09. The van der Waals surface area contributed by atoms with Gasteiger partial charge in [0, 0.05) is 25.7 Å².